The molecule has 1 saturated heterocycles. The highest BCUT2D eigenvalue weighted by Gasteiger charge is 2.20. The third-order valence-corrected chi connectivity index (χ3v) is 5.23. The van der Waals surface area contributed by atoms with Crippen LogP contribution in [0.25, 0.3) is 0 Å². The second-order valence-corrected chi connectivity index (χ2v) is 7.36. The van der Waals surface area contributed by atoms with E-state index in [1.165, 1.54) is 5.56 Å². The zero-order valence-electron chi connectivity index (χ0n) is 15.3. The summed E-state index contributed by atoms with van der Waals surface area (Å²) >= 11 is 12.2. The highest BCUT2D eigenvalue weighted by Crippen LogP contribution is 2.29. The number of nitrogens with one attached hydrogen (secondary N) is 1. The van der Waals surface area contributed by atoms with Crippen LogP contribution in [0.15, 0.2) is 42.5 Å². The molecule has 2 aromatic rings. The summed E-state index contributed by atoms with van der Waals surface area (Å²) in [5, 5.41) is 3.70. The van der Waals surface area contributed by atoms with Gasteiger partial charge in [0, 0.05) is 32.7 Å². The standard InChI is InChI=1S/C20H23Cl2N3O2/c1-27-16-5-2-4-15(12-16)13-24-8-10-25(11-9-24)14-19(26)23-20-17(21)6-3-7-18(20)22/h2-7,12H,8-11,13-14H2,1H3,(H,23,26). The summed E-state index contributed by atoms with van der Waals surface area (Å²) in [5.41, 5.74) is 1.70. The second kappa shape index (κ2) is 9.42. The Kier molecular flexibility index (Phi) is 6.96. The van der Waals surface area contributed by atoms with Crippen molar-refractivity contribution in [3.05, 3.63) is 58.1 Å². The van der Waals surface area contributed by atoms with Crippen molar-refractivity contribution in [3.63, 3.8) is 0 Å². The number of halogens is 2. The Morgan fingerprint density at radius 2 is 1.67 bits per heavy atom. The van der Waals surface area contributed by atoms with E-state index in [-0.39, 0.29) is 5.91 Å². The minimum absolute atomic E-state index is 0.105. The summed E-state index contributed by atoms with van der Waals surface area (Å²) in [6.45, 7) is 4.72. The number of carbonyl (C=O) groups excluding carboxylic acids is 1. The van der Waals surface area contributed by atoms with E-state index >= 15 is 0 Å². The molecular weight excluding hydrogens is 385 g/mol. The van der Waals surface area contributed by atoms with Crippen LogP contribution in [0.5, 0.6) is 5.75 Å². The Hall–Kier alpha value is -1.79. The molecule has 1 amide bonds. The largest absolute Gasteiger partial charge is 0.497 e. The average Bonchev–Trinajstić information content (AvgIpc) is 2.66. The van der Waals surface area contributed by atoms with Crippen molar-refractivity contribution in [1.82, 2.24) is 9.80 Å². The van der Waals surface area contributed by atoms with Crippen LogP contribution in [0.1, 0.15) is 5.56 Å². The van der Waals surface area contributed by atoms with E-state index in [0.717, 1.165) is 38.5 Å². The molecule has 0 radical (unpaired) electrons. The number of para-hydroxylation sites is 1. The number of ether oxygens (including phenoxy) is 1. The van der Waals surface area contributed by atoms with Crippen molar-refractivity contribution in [3.8, 4) is 5.75 Å². The van der Waals surface area contributed by atoms with Gasteiger partial charge >= 0.3 is 0 Å². The van der Waals surface area contributed by atoms with E-state index in [1.807, 2.05) is 12.1 Å². The molecule has 0 aliphatic carbocycles. The normalized spacial score (nSPS) is 15.5. The van der Waals surface area contributed by atoms with Gasteiger partial charge in [0.25, 0.3) is 0 Å². The quantitative estimate of drug-likeness (QED) is 0.791. The topological polar surface area (TPSA) is 44.8 Å². The number of rotatable bonds is 6. The third kappa shape index (κ3) is 5.59. The van der Waals surface area contributed by atoms with Gasteiger partial charge in [0.15, 0.2) is 0 Å². The van der Waals surface area contributed by atoms with Gasteiger partial charge in [-0.25, -0.2) is 0 Å². The Morgan fingerprint density at radius 1 is 1.04 bits per heavy atom. The van der Waals surface area contributed by atoms with E-state index in [9.17, 15) is 4.79 Å². The van der Waals surface area contributed by atoms with Crippen molar-refractivity contribution < 1.29 is 9.53 Å². The Balaban J connectivity index is 1.47. The highest BCUT2D eigenvalue weighted by molar-refractivity contribution is 6.39. The molecule has 0 saturated carbocycles. The van der Waals surface area contributed by atoms with Crippen LogP contribution >= 0.6 is 23.2 Å². The molecule has 1 aliphatic heterocycles. The lowest BCUT2D eigenvalue weighted by Crippen LogP contribution is -2.48. The van der Waals surface area contributed by atoms with Gasteiger partial charge in [-0.15, -0.1) is 0 Å². The lowest BCUT2D eigenvalue weighted by atomic mass is 10.2. The number of nitrogens with zero attached hydrogens (tertiary/aromatic N) is 2. The Morgan fingerprint density at radius 3 is 2.33 bits per heavy atom. The minimum Gasteiger partial charge on any atom is -0.497 e. The molecule has 0 spiro atoms. The van der Waals surface area contributed by atoms with Gasteiger partial charge in [0.1, 0.15) is 5.75 Å². The van der Waals surface area contributed by atoms with Crippen LogP contribution in [-0.2, 0) is 11.3 Å². The molecule has 1 heterocycles. The molecule has 0 atom stereocenters. The minimum atomic E-state index is -0.105. The van der Waals surface area contributed by atoms with Gasteiger partial charge in [0.2, 0.25) is 5.91 Å². The fourth-order valence-electron chi connectivity index (χ4n) is 3.13. The number of hydrogen-bond donors (Lipinski definition) is 1. The molecule has 144 valence electrons. The molecule has 1 aliphatic rings. The average molecular weight is 408 g/mol. The van der Waals surface area contributed by atoms with Crippen LogP contribution in [0.2, 0.25) is 10.0 Å². The van der Waals surface area contributed by atoms with Gasteiger partial charge in [-0.3, -0.25) is 14.6 Å². The third-order valence-electron chi connectivity index (χ3n) is 4.60. The maximum Gasteiger partial charge on any atom is 0.238 e. The first-order chi connectivity index (χ1) is 13.0. The first-order valence-corrected chi connectivity index (χ1v) is 9.62. The van der Waals surface area contributed by atoms with Crippen molar-refractivity contribution in [2.45, 2.75) is 6.54 Å². The predicted molar refractivity (Wildman–Crippen MR) is 110 cm³/mol. The van der Waals surface area contributed by atoms with Crippen molar-refractivity contribution >= 4 is 34.8 Å². The van der Waals surface area contributed by atoms with Gasteiger partial charge in [-0.05, 0) is 29.8 Å². The molecule has 3 rings (SSSR count). The molecular formula is C20H23Cl2N3O2. The number of piperazine rings is 1. The van der Waals surface area contributed by atoms with Crippen LogP contribution in [0, 0.1) is 0 Å². The SMILES string of the molecule is COc1cccc(CN2CCN(CC(=O)Nc3c(Cl)cccc3Cl)CC2)c1. The summed E-state index contributed by atoms with van der Waals surface area (Å²) in [5.74, 6) is 0.771. The number of amides is 1. The lowest BCUT2D eigenvalue weighted by Gasteiger charge is -2.34. The van der Waals surface area contributed by atoms with Crippen LogP contribution in [0.4, 0.5) is 5.69 Å². The summed E-state index contributed by atoms with van der Waals surface area (Å²) in [6.07, 6.45) is 0. The summed E-state index contributed by atoms with van der Waals surface area (Å²) in [6, 6.07) is 13.3. The van der Waals surface area contributed by atoms with E-state index in [2.05, 4.69) is 27.2 Å². The number of anilines is 1. The molecule has 5 nitrogen and oxygen atoms in total. The first kappa shape index (κ1) is 20.0. The lowest BCUT2D eigenvalue weighted by molar-refractivity contribution is -0.117. The van der Waals surface area contributed by atoms with E-state index in [0.29, 0.717) is 22.3 Å². The molecule has 1 N–H and O–H groups in total. The second-order valence-electron chi connectivity index (χ2n) is 6.55. The summed E-state index contributed by atoms with van der Waals surface area (Å²) in [4.78, 5) is 16.9. The molecule has 2 aromatic carbocycles. The molecule has 27 heavy (non-hydrogen) atoms. The van der Waals surface area contributed by atoms with E-state index in [4.69, 9.17) is 27.9 Å². The first-order valence-electron chi connectivity index (χ1n) is 8.86. The fraction of sp³-hybridized carbons (Fsp3) is 0.350. The van der Waals surface area contributed by atoms with Crippen molar-refractivity contribution in [2.75, 3.05) is 45.2 Å². The van der Waals surface area contributed by atoms with Crippen molar-refractivity contribution in [1.29, 1.82) is 0 Å². The molecule has 0 unspecified atom stereocenters. The highest BCUT2D eigenvalue weighted by atomic mass is 35.5. The van der Waals surface area contributed by atoms with Gasteiger partial charge in [0.05, 0.1) is 29.4 Å². The molecule has 0 aromatic heterocycles. The molecule has 1 fully saturated rings. The maximum atomic E-state index is 12.3. The monoisotopic (exact) mass is 407 g/mol. The maximum absolute atomic E-state index is 12.3. The molecule has 7 heteroatoms. The number of carbonyl (C=O) groups is 1. The van der Waals surface area contributed by atoms with Gasteiger partial charge < -0.3 is 10.1 Å². The van der Waals surface area contributed by atoms with Crippen LogP contribution in [-0.4, -0.2) is 55.5 Å². The fourth-order valence-corrected chi connectivity index (χ4v) is 3.63. The van der Waals surface area contributed by atoms with Crippen molar-refractivity contribution in [2.24, 2.45) is 0 Å². The zero-order valence-corrected chi connectivity index (χ0v) is 16.8. The van der Waals surface area contributed by atoms with Crippen LogP contribution in [0.3, 0.4) is 0 Å². The summed E-state index contributed by atoms with van der Waals surface area (Å²) in [7, 11) is 1.68. The van der Waals surface area contributed by atoms with E-state index in [1.54, 1.807) is 25.3 Å². The Labute approximate surface area is 169 Å². The van der Waals surface area contributed by atoms with Gasteiger partial charge in [-0.2, -0.15) is 0 Å². The van der Waals surface area contributed by atoms with Crippen LogP contribution < -0.4 is 10.1 Å². The Bertz CT molecular complexity index is 772. The molecule has 0 bridgehead atoms. The smallest absolute Gasteiger partial charge is 0.238 e. The number of hydrogen-bond acceptors (Lipinski definition) is 4. The van der Waals surface area contributed by atoms with E-state index < -0.39 is 0 Å². The summed E-state index contributed by atoms with van der Waals surface area (Å²) < 4.78 is 5.28. The predicted octanol–water partition coefficient (Wildman–Crippen LogP) is 3.76. The van der Waals surface area contributed by atoms with Gasteiger partial charge in [-0.1, -0.05) is 41.4 Å². The number of methoxy groups -OCH3 is 1. The zero-order chi connectivity index (χ0) is 19.2. The number of benzene rings is 2.